The number of unbranched alkanes of at least 4 members (excludes halogenated alkanes) is 1. The fourth-order valence-corrected chi connectivity index (χ4v) is 3.72. The number of rotatable bonds is 5. The summed E-state index contributed by atoms with van der Waals surface area (Å²) in [4.78, 5) is 12.6. The van der Waals surface area contributed by atoms with Gasteiger partial charge in [-0.25, -0.2) is 0 Å². The number of hydrogen-bond donors (Lipinski definition) is 1. The maximum absolute atomic E-state index is 12.6. The number of ketones is 1. The van der Waals surface area contributed by atoms with Crippen molar-refractivity contribution in [3.63, 3.8) is 0 Å². The number of hydrogen-bond acceptors (Lipinski definition) is 2. The van der Waals surface area contributed by atoms with E-state index in [2.05, 4.69) is 24.4 Å². The van der Waals surface area contributed by atoms with Crippen LogP contribution >= 0.6 is 0 Å². The van der Waals surface area contributed by atoms with E-state index >= 15 is 0 Å². The SMILES string of the molecule is CCCCc1ccc(C(=O)C2CC3CCC(C2)N3)cc1. The number of aryl methyl sites for hydroxylation is 1. The first-order valence-corrected chi connectivity index (χ1v) is 8.15. The van der Waals surface area contributed by atoms with Gasteiger partial charge >= 0.3 is 0 Å². The molecule has 0 saturated carbocycles. The molecule has 2 heterocycles. The zero-order valence-corrected chi connectivity index (χ0v) is 12.4. The van der Waals surface area contributed by atoms with Gasteiger partial charge in [-0.2, -0.15) is 0 Å². The van der Waals surface area contributed by atoms with E-state index in [9.17, 15) is 4.79 Å². The highest BCUT2D eigenvalue weighted by atomic mass is 16.1. The average molecular weight is 271 g/mol. The molecule has 0 aromatic heterocycles. The van der Waals surface area contributed by atoms with Crippen molar-refractivity contribution >= 4 is 5.78 Å². The number of piperidine rings is 1. The van der Waals surface area contributed by atoms with Crippen LogP contribution in [0.25, 0.3) is 0 Å². The molecular weight excluding hydrogens is 246 g/mol. The lowest BCUT2D eigenvalue weighted by molar-refractivity contribution is 0.0875. The number of benzene rings is 1. The predicted molar refractivity (Wildman–Crippen MR) is 82.1 cm³/mol. The van der Waals surface area contributed by atoms with E-state index in [4.69, 9.17) is 0 Å². The van der Waals surface area contributed by atoms with Gasteiger partial charge < -0.3 is 5.32 Å². The molecule has 1 aromatic rings. The van der Waals surface area contributed by atoms with E-state index in [1.165, 1.54) is 31.2 Å². The van der Waals surface area contributed by atoms with Crippen molar-refractivity contribution in [1.82, 2.24) is 5.32 Å². The molecule has 2 aliphatic heterocycles. The van der Waals surface area contributed by atoms with Crippen LogP contribution in [0.5, 0.6) is 0 Å². The fraction of sp³-hybridized carbons (Fsp3) is 0.611. The highest BCUT2D eigenvalue weighted by Gasteiger charge is 2.36. The van der Waals surface area contributed by atoms with Crippen LogP contribution in [0.4, 0.5) is 0 Å². The Kier molecular flexibility index (Phi) is 4.21. The van der Waals surface area contributed by atoms with Crippen molar-refractivity contribution in [3.8, 4) is 0 Å². The minimum Gasteiger partial charge on any atom is -0.311 e. The van der Waals surface area contributed by atoms with Gasteiger partial charge in [-0.3, -0.25) is 4.79 Å². The molecule has 2 fully saturated rings. The quantitative estimate of drug-likeness (QED) is 0.827. The molecule has 0 radical (unpaired) electrons. The van der Waals surface area contributed by atoms with E-state index in [0.29, 0.717) is 17.9 Å². The third kappa shape index (κ3) is 2.95. The third-order valence-corrected chi connectivity index (χ3v) is 4.90. The Bertz CT molecular complexity index is 453. The average Bonchev–Trinajstić information content (AvgIpc) is 2.83. The third-order valence-electron chi connectivity index (χ3n) is 4.90. The van der Waals surface area contributed by atoms with Crippen molar-refractivity contribution in [1.29, 1.82) is 0 Å². The molecular formula is C18H25NO. The van der Waals surface area contributed by atoms with E-state index in [-0.39, 0.29) is 5.92 Å². The van der Waals surface area contributed by atoms with Crippen molar-refractivity contribution in [3.05, 3.63) is 35.4 Å². The normalized spacial score (nSPS) is 28.6. The number of Topliss-reactive ketones (excluding diaryl/α,β-unsaturated/α-hetero) is 1. The van der Waals surface area contributed by atoms with E-state index < -0.39 is 0 Å². The molecule has 2 bridgehead atoms. The minimum absolute atomic E-state index is 0.246. The van der Waals surface area contributed by atoms with Crippen molar-refractivity contribution in [2.45, 2.75) is 64.0 Å². The van der Waals surface area contributed by atoms with Gasteiger partial charge in [0.15, 0.2) is 5.78 Å². The van der Waals surface area contributed by atoms with Gasteiger partial charge in [0.2, 0.25) is 0 Å². The van der Waals surface area contributed by atoms with Crippen molar-refractivity contribution < 1.29 is 4.79 Å². The van der Waals surface area contributed by atoms with Gasteiger partial charge in [0, 0.05) is 23.6 Å². The Hall–Kier alpha value is -1.15. The maximum Gasteiger partial charge on any atom is 0.166 e. The van der Waals surface area contributed by atoms with E-state index in [1.54, 1.807) is 0 Å². The molecule has 0 amide bonds. The Labute approximate surface area is 122 Å². The van der Waals surface area contributed by atoms with Crippen LogP contribution in [0.1, 0.15) is 61.4 Å². The van der Waals surface area contributed by atoms with Crippen LogP contribution in [0, 0.1) is 5.92 Å². The summed E-state index contributed by atoms with van der Waals surface area (Å²) < 4.78 is 0. The monoisotopic (exact) mass is 271 g/mol. The highest BCUT2D eigenvalue weighted by molar-refractivity contribution is 5.98. The van der Waals surface area contributed by atoms with Crippen LogP contribution in [-0.2, 0) is 6.42 Å². The Morgan fingerprint density at radius 2 is 1.80 bits per heavy atom. The highest BCUT2D eigenvalue weighted by Crippen LogP contribution is 2.32. The first kappa shape index (κ1) is 13.8. The first-order valence-electron chi connectivity index (χ1n) is 8.15. The summed E-state index contributed by atoms with van der Waals surface area (Å²) in [7, 11) is 0. The molecule has 2 aliphatic rings. The van der Waals surface area contributed by atoms with Gasteiger partial charge in [0.25, 0.3) is 0 Å². The molecule has 3 rings (SSSR count). The topological polar surface area (TPSA) is 29.1 Å². The van der Waals surface area contributed by atoms with Gasteiger partial charge in [-0.1, -0.05) is 37.6 Å². The lowest BCUT2D eigenvalue weighted by Gasteiger charge is -2.28. The molecule has 1 N–H and O–H groups in total. The van der Waals surface area contributed by atoms with Crippen LogP contribution < -0.4 is 5.32 Å². The van der Waals surface area contributed by atoms with Crippen LogP contribution in [-0.4, -0.2) is 17.9 Å². The lowest BCUT2D eigenvalue weighted by Crippen LogP contribution is -2.40. The summed E-state index contributed by atoms with van der Waals surface area (Å²) in [6.45, 7) is 2.21. The van der Waals surface area contributed by atoms with Crippen LogP contribution in [0.2, 0.25) is 0 Å². The number of nitrogens with one attached hydrogen (secondary N) is 1. The van der Waals surface area contributed by atoms with Gasteiger partial charge in [0.05, 0.1) is 0 Å². The smallest absolute Gasteiger partial charge is 0.166 e. The molecule has 1 aromatic carbocycles. The fourth-order valence-electron chi connectivity index (χ4n) is 3.72. The summed E-state index contributed by atoms with van der Waals surface area (Å²) in [6.07, 6.45) is 8.15. The molecule has 2 atom stereocenters. The number of carbonyl (C=O) groups excluding carboxylic acids is 1. The molecule has 108 valence electrons. The summed E-state index contributed by atoms with van der Waals surface area (Å²) in [5, 5.41) is 3.61. The van der Waals surface area contributed by atoms with Crippen molar-refractivity contribution in [2.75, 3.05) is 0 Å². The molecule has 0 spiro atoms. The number of carbonyl (C=O) groups is 1. The minimum atomic E-state index is 0.246. The summed E-state index contributed by atoms with van der Waals surface area (Å²) in [5.74, 6) is 0.612. The zero-order valence-electron chi connectivity index (χ0n) is 12.4. The first-order chi connectivity index (χ1) is 9.76. The summed E-state index contributed by atoms with van der Waals surface area (Å²) in [6, 6.07) is 9.53. The molecule has 20 heavy (non-hydrogen) atoms. The second-order valence-electron chi connectivity index (χ2n) is 6.47. The Morgan fingerprint density at radius 3 is 2.40 bits per heavy atom. The molecule has 0 aliphatic carbocycles. The Morgan fingerprint density at radius 1 is 1.15 bits per heavy atom. The maximum atomic E-state index is 12.6. The van der Waals surface area contributed by atoms with Crippen LogP contribution in [0.15, 0.2) is 24.3 Å². The molecule has 2 heteroatoms. The van der Waals surface area contributed by atoms with Gasteiger partial charge in [0.1, 0.15) is 0 Å². The second-order valence-corrected chi connectivity index (χ2v) is 6.47. The summed E-state index contributed by atoms with van der Waals surface area (Å²) in [5.41, 5.74) is 2.27. The van der Waals surface area contributed by atoms with E-state index in [1.807, 2.05) is 12.1 Å². The van der Waals surface area contributed by atoms with Crippen molar-refractivity contribution in [2.24, 2.45) is 5.92 Å². The Balaban J connectivity index is 1.64. The van der Waals surface area contributed by atoms with E-state index in [0.717, 1.165) is 24.8 Å². The number of fused-ring (bicyclic) bond motifs is 2. The second kappa shape index (κ2) is 6.09. The standard InChI is InChI=1S/C18H25NO/c1-2-3-4-13-5-7-14(8-6-13)18(20)15-11-16-9-10-17(12-15)19-16/h5-8,15-17,19H,2-4,9-12H2,1H3. The predicted octanol–water partition coefficient (Wildman–Crippen LogP) is 3.74. The zero-order chi connectivity index (χ0) is 13.9. The summed E-state index contributed by atoms with van der Waals surface area (Å²) >= 11 is 0. The van der Waals surface area contributed by atoms with Gasteiger partial charge in [-0.05, 0) is 44.1 Å². The molecule has 2 saturated heterocycles. The largest absolute Gasteiger partial charge is 0.311 e. The molecule has 2 unspecified atom stereocenters. The lowest BCUT2D eigenvalue weighted by atomic mass is 9.85. The molecule has 2 nitrogen and oxygen atoms in total. The van der Waals surface area contributed by atoms with Crippen LogP contribution in [0.3, 0.4) is 0 Å². The van der Waals surface area contributed by atoms with Gasteiger partial charge in [-0.15, -0.1) is 0 Å².